The fourth-order valence-corrected chi connectivity index (χ4v) is 4.82. The molecule has 0 radical (unpaired) electrons. The van der Waals surface area contributed by atoms with E-state index in [0.29, 0.717) is 0 Å². The summed E-state index contributed by atoms with van der Waals surface area (Å²) in [7, 11) is 2.16. The lowest BCUT2D eigenvalue weighted by Gasteiger charge is -2.39. The minimum absolute atomic E-state index is 0.779. The zero-order valence-electron chi connectivity index (χ0n) is 14.0. The lowest BCUT2D eigenvalue weighted by Crippen LogP contribution is -2.45. The highest BCUT2D eigenvalue weighted by Gasteiger charge is 2.28. The zero-order valence-corrected chi connectivity index (χ0v) is 14.0. The Bertz CT molecular complexity index is 293. The number of hydrogen-bond acceptors (Lipinski definition) is 3. The summed E-state index contributed by atoms with van der Waals surface area (Å²) < 4.78 is 0. The highest BCUT2D eigenvalue weighted by atomic mass is 15.2. The van der Waals surface area contributed by atoms with E-state index in [2.05, 4.69) is 22.2 Å². The molecule has 0 bridgehead atoms. The van der Waals surface area contributed by atoms with Gasteiger partial charge in [0.1, 0.15) is 0 Å². The second-order valence-electron chi connectivity index (χ2n) is 7.69. The first-order valence-electron chi connectivity index (χ1n) is 9.47. The van der Waals surface area contributed by atoms with E-state index in [-0.39, 0.29) is 0 Å². The molecule has 3 fully saturated rings. The van der Waals surface area contributed by atoms with Crippen LogP contribution >= 0.6 is 0 Å². The van der Waals surface area contributed by atoms with Crippen molar-refractivity contribution in [3.05, 3.63) is 0 Å². The number of rotatable bonds is 5. The SMILES string of the molecule is CNC1CCCCC1CN1CCC(CN2CCCC2)CC1. The van der Waals surface area contributed by atoms with Crippen LogP contribution in [0.5, 0.6) is 0 Å². The summed E-state index contributed by atoms with van der Waals surface area (Å²) in [6.45, 7) is 8.17. The Morgan fingerprint density at radius 3 is 2.14 bits per heavy atom. The number of piperidine rings is 1. The molecule has 0 spiro atoms. The molecule has 0 aromatic heterocycles. The van der Waals surface area contributed by atoms with Crippen LogP contribution < -0.4 is 5.32 Å². The standard InChI is InChI=1S/C18H35N3/c1-19-18-7-3-2-6-17(18)15-21-12-8-16(9-13-21)14-20-10-4-5-11-20/h16-19H,2-15H2,1H3. The highest BCUT2D eigenvalue weighted by molar-refractivity contribution is 4.84. The van der Waals surface area contributed by atoms with Gasteiger partial charge in [-0.25, -0.2) is 0 Å². The van der Waals surface area contributed by atoms with Crippen LogP contribution in [0.1, 0.15) is 51.4 Å². The fourth-order valence-electron chi connectivity index (χ4n) is 4.82. The molecule has 2 heterocycles. The highest BCUT2D eigenvalue weighted by Crippen LogP contribution is 2.27. The number of likely N-dealkylation sites (tertiary alicyclic amines) is 2. The Morgan fingerprint density at radius 1 is 0.762 bits per heavy atom. The summed E-state index contributed by atoms with van der Waals surface area (Å²) in [4.78, 5) is 5.47. The van der Waals surface area contributed by atoms with Crippen LogP contribution in [0.2, 0.25) is 0 Å². The van der Waals surface area contributed by atoms with Crippen molar-refractivity contribution in [3.8, 4) is 0 Å². The van der Waals surface area contributed by atoms with Crippen molar-refractivity contribution in [3.63, 3.8) is 0 Å². The van der Waals surface area contributed by atoms with Crippen molar-refractivity contribution < 1.29 is 0 Å². The quantitative estimate of drug-likeness (QED) is 0.840. The fraction of sp³-hybridized carbons (Fsp3) is 1.00. The van der Waals surface area contributed by atoms with Crippen molar-refractivity contribution in [2.45, 2.75) is 57.4 Å². The van der Waals surface area contributed by atoms with Crippen LogP contribution in [0.3, 0.4) is 0 Å². The molecule has 3 heteroatoms. The minimum Gasteiger partial charge on any atom is -0.317 e. The molecule has 0 aromatic carbocycles. The van der Waals surface area contributed by atoms with Gasteiger partial charge in [-0.2, -0.15) is 0 Å². The van der Waals surface area contributed by atoms with E-state index < -0.39 is 0 Å². The predicted molar refractivity (Wildman–Crippen MR) is 89.6 cm³/mol. The van der Waals surface area contributed by atoms with E-state index in [1.165, 1.54) is 90.6 Å². The van der Waals surface area contributed by atoms with Crippen LogP contribution in [0.15, 0.2) is 0 Å². The van der Waals surface area contributed by atoms with Gasteiger partial charge in [0.2, 0.25) is 0 Å². The largest absolute Gasteiger partial charge is 0.317 e. The summed E-state index contributed by atoms with van der Waals surface area (Å²) in [5.41, 5.74) is 0. The first-order valence-corrected chi connectivity index (χ1v) is 9.47. The lowest BCUT2D eigenvalue weighted by molar-refractivity contribution is 0.116. The minimum atomic E-state index is 0.779. The van der Waals surface area contributed by atoms with Gasteiger partial charge in [0.05, 0.1) is 0 Å². The molecule has 2 unspecified atom stereocenters. The van der Waals surface area contributed by atoms with Gasteiger partial charge in [0, 0.05) is 19.1 Å². The molecule has 2 aliphatic heterocycles. The van der Waals surface area contributed by atoms with Crippen molar-refractivity contribution in [2.75, 3.05) is 46.3 Å². The van der Waals surface area contributed by atoms with Gasteiger partial charge in [0.25, 0.3) is 0 Å². The summed E-state index contributed by atoms with van der Waals surface area (Å²) in [5.74, 6) is 1.88. The lowest BCUT2D eigenvalue weighted by atomic mass is 9.83. The van der Waals surface area contributed by atoms with E-state index in [4.69, 9.17) is 0 Å². The summed E-state index contributed by atoms with van der Waals surface area (Å²) in [6, 6.07) is 0.779. The molecule has 0 amide bonds. The maximum absolute atomic E-state index is 3.57. The second-order valence-corrected chi connectivity index (χ2v) is 7.69. The van der Waals surface area contributed by atoms with E-state index >= 15 is 0 Å². The molecule has 3 nitrogen and oxygen atoms in total. The molecule has 1 aliphatic carbocycles. The second kappa shape index (κ2) is 7.94. The predicted octanol–water partition coefficient (Wildman–Crippen LogP) is 2.57. The molecule has 1 saturated carbocycles. The Labute approximate surface area is 131 Å². The molecule has 122 valence electrons. The average Bonchev–Trinajstić information content (AvgIpc) is 3.03. The van der Waals surface area contributed by atoms with Gasteiger partial charge in [-0.3, -0.25) is 0 Å². The first kappa shape index (κ1) is 15.8. The molecule has 2 saturated heterocycles. The van der Waals surface area contributed by atoms with Crippen molar-refractivity contribution in [2.24, 2.45) is 11.8 Å². The summed E-state index contributed by atoms with van der Waals surface area (Å²) in [5, 5.41) is 3.57. The summed E-state index contributed by atoms with van der Waals surface area (Å²) >= 11 is 0. The van der Waals surface area contributed by atoms with Gasteiger partial charge < -0.3 is 15.1 Å². The smallest absolute Gasteiger partial charge is 0.0104 e. The van der Waals surface area contributed by atoms with Crippen molar-refractivity contribution in [1.82, 2.24) is 15.1 Å². The Kier molecular flexibility index (Phi) is 5.96. The molecule has 0 aromatic rings. The van der Waals surface area contributed by atoms with E-state index in [1.54, 1.807) is 0 Å². The molecule has 3 rings (SSSR count). The Morgan fingerprint density at radius 2 is 1.43 bits per heavy atom. The number of hydrogen-bond donors (Lipinski definition) is 1. The Balaban J connectivity index is 1.38. The van der Waals surface area contributed by atoms with Crippen LogP contribution in [-0.2, 0) is 0 Å². The third-order valence-electron chi connectivity index (χ3n) is 6.19. The Hall–Kier alpha value is -0.120. The average molecular weight is 293 g/mol. The van der Waals surface area contributed by atoms with Gasteiger partial charge in [-0.15, -0.1) is 0 Å². The third-order valence-corrected chi connectivity index (χ3v) is 6.19. The van der Waals surface area contributed by atoms with Crippen LogP contribution in [-0.4, -0.2) is 62.2 Å². The molecule has 21 heavy (non-hydrogen) atoms. The van der Waals surface area contributed by atoms with Gasteiger partial charge >= 0.3 is 0 Å². The van der Waals surface area contributed by atoms with E-state index in [1.807, 2.05) is 0 Å². The van der Waals surface area contributed by atoms with Gasteiger partial charge in [-0.1, -0.05) is 12.8 Å². The summed E-state index contributed by atoms with van der Waals surface area (Å²) in [6.07, 6.45) is 11.5. The van der Waals surface area contributed by atoms with Gasteiger partial charge in [0.15, 0.2) is 0 Å². The zero-order chi connectivity index (χ0) is 14.5. The van der Waals surface area contributed by atoms with Crippen LogP contribution in [0.4, 0.5) is 0 Å². The molecular weight excluding hydrogens is 258 g/mol. The van der Waals surface area contributed by atoms with E-state index in [0.717, 1.165) is 17.9 Å². The molecule has 2 atom stereocenters. The normalized spacial score (nSPS) is 33.6. The topological polar surface area (TPSA) is 18.5 Å². The molecule has 3 aliphatic rings. The number of nitrogens with zero attached hydrogens (tertiary/aromatic N) is 2. The van der Waals surface area contributed by atoms with Crippen LogP contribution in [0, 0.1) is 11.8 Å². The molecule has 1 N–H and O–H groups in total. The monoisotopic (exact) mass is 293 g/mol. The molecular formula is C18H35N3. The van der Waals surface area contributed by atoms with Crippen molar-refractivity contribution >= 4 is 0 Å². The van der Waals surface area contributed by atoms with Gasteiger partial charge in [-0.05, 0) is 83.6 Å². The van der Waals surface area contributed by atoms with Crippen molar-refractivity contribution in [1.29, 1.82) is 0 Å². The maximum atomic E-state index is 3.57. The first-order chi connectivity index (χ1) is 10.3. The van der Waals surface area contributed by atoms with E-state index in [9.17, 15) is 0 Å². The van der Waals surface area contributed by atoms with Crippen LogP contribution in [0.25, 0.3) is 0 Å². The third kappa shape index (κ3) is 4.43. The maximum Gasteiger partial charge on any atom is 0.0104 e. The number of nitrogens with one attached hydrogen (secondary N) is 1.